The van der Waals surface area contributed by atoms with Crippen molar-refractivity contribution in [3.05, 3.63) is 12.4 Å². The van der Waals surface area contributed by atoms with Gasteiger partial charge in [0, 0.05) is 38.6 Å². The highest BCUT2D eigenvalue weighted by atomic mass is 16.5. The first kappa shape index (κ1) is 15.9. The molecule has 1 heterocycles. The predicted molar refractivity (Wildman–Crippen MR) is 73.2 cm³/mol. The number of aliphatic hydroxyl groups excluding tert-OH is 2. The van der Waals surface area contributed by atoms with Crippen LogP contribution in [0, 0.1) is 0 Å². The van der Waals surface area contributed by atoms with Crippen LogP contribution >= 0.6 is 0 Å². The summed E-state index contributed by atoms with van der Waals surface area (Å²) in [5.74, 6) is 0. The minimum absolute atomic E-state index is 0.165. The number of aryl methyl sites for hydroxylation is 1. The first-order valence-electron chi connectivity index (χ1n) is 6.89. The van der Waals surface area contributed by atoms with Crippen molar-refractivity contribution < 1.29 is 14.9 Å². The molecule has 0 unspecified atom stereocenters. The van der Waals surface area contributed by atoms with Crippen LogP contribution in [0.15, 0.2) is 12.4 Å². The summed E-state index contributed by atoms with van der Waals surface area (Å²) in [7, 11) is 0. The molecule has 6 nitrogen and oxygen atoms in total. The lowest BCUT2D eigenvalue weighted by molar-refractivity contribution is 0.161. The monoisotopic (exact) mass is 271 g/mol. The molecule has 6 heteroatoms. The van der Waals surface area contributed by atoms with Crippen LogP contribution in [-0.4, -0.2) is 64.1 Å². The molecule has 0 amide bonds. The number of hydrogen-bond donors (Lipinski definition) is 2. The molecule has 0 saturated heterocycles. The molecule has 2 N–H and O–H groups in total. The third-order valence-electron chi connectivity index (χ3n) is 2.83. The van der Waals surface area contributed by atoms with Gasteiger partial charge in [0.15, 0.2) is 0 Å². The molecule has 0 aliphatic carbocycles. The average molecular weight is 271 g/mol. The van der Waals surface area contributed by atoms with Gasteiger partial charge in [0.2, 0.25) is 0 Å². The normalized spacial score (nSPS) is 11.2. The lowest BCUT2D eigenvalue weighted by Gasteiger charge is -2.20. The fourth-order valence-corrected chi connectivity index (χ4v) is 1.91. The van der Waals surface area contributed by atoms with Crippen molar-refractivity contribution in [3.63, 3.8) is 0 Å². The number of hydrogen-bond acceptors (Lipinski definition) is 5. The second kappa shape index (κ2) is 9.77. The summed E-state index contributed by atoms with van der Waals surface area (Å²) in [4.78, 5) is 6.32. The molecule has 0 atom stereocenters. The molecule has 0 bridgehead atoms. The lowest BCUT2D eigenvalue weighted by Crippen LogP contribution is -2.32. The summed E-state index contributed by atoms with van der Waals surface area (Å²) >= 11 is 0. The number of imidazole rings is 1. The van der Waals surface area contributed by atoms with E-state index in [0.717, 1.165) is 19.5 Å². The molecular formula is C13H25N3O3. The maximum atomic E-state index is 8.97. The average Bonchev–Trinajstić information content (AvgIpc) is 2.84. The minimum atomic E-state index is 0.165. The molecular weight excluding hydrogens is 246 g/mol. The highest BCUT2D eigenvalue weighted by Crippen LogP contribution is 2.08. The van der Waals surface area contributed by atoms with E-state index in [1.807, 2.05) is 10.8 Å². The molecule has 0 radical (unpaired) electrons. The standard InChI is InChI=1S/C13H25N3O3/c1-2-5-15(8-11-18)9-12-19-13-14-4-7-16(13)6-3-10-17/h4,7,17-18H,2-3,5-6,8-12H2,1H3. The Balaban J connectivity index is 2.32. The lowest BCUT2D eigenvalue weighted by atomic mass is 10.4. The van der Waals surface area contributed by atoms with Gasteiger partial charge >= 0.3 is 0 Å². The zero-order valence-electron chi connectivity index (χ0n) is 11.7. The Morgan fingerprint density at radius 2 is 2.11 bits per heavy atom. The maximum absolute atomic E-state index is 8.97. The van der Waals surface area contributed by atoms with E-state index in [-0.39, 0.29) is 13.2 Å². The fourth-order valence-electron chi connectivity index (χ4n) is 1.91. The van der Waals surface area contributed by atoms with Gasteiger partial charge in [-0.1, -0.05) is 6.92 Å². The molecule has 0 fully saturated rings. The van der Waals surface area contributed by atoms with Gasteiger partial charge in [-0.2, -0.15) is 0 Å². The highest BCUT2D eigenvalue weighted by molar-refractivity contribution is 4.98. The van der Waals surface area contributed by atoms with Crippen LogP contribution in [0.4, 0.5) is 0 Å². The second-order valence-corrected chi connectivity index (χ2v) is 4.39. The zero-order valence-corrected chi connectivity index (χ0v) is 11.7. The summed E-state index contributed by atoms with van der Waals surface area (Å²) in [5.41, 5.74) is 0. The molecule has 1 rings (SSSR count). The maximum Gasteiger partial charge on any atom is 0.296 e. The number of rotatable bonds is 11. The molecule has 19 heavy (non-hydrogen) atoms. The first-order valence-corrected chi connectivity index (χ1v) is 6.89. The summed E-state index contributed by atoms with van der Waals surface area (Å²) in [5, 5.41) is 17.8. The van der Waals surface area contributed by atoms with E-state index < -0.39 is 0 Å². The summed E-state index contributed by atoms with van der Waals surface area (Å²) in [6.07, 6.45) is 5.30. The van der Waals surface area contributed by atoms with E-state index in [9.17, 15) is 0 Å². The Morgan fingerprint density at radius 3 is 2.79 bits per heavy atom. The molecule has 0 aliphatic rings. The van der Waals surface area contributed by atoms with Crippen molar-refractivity contribution in [1.82, 2.24) is 14.5 Å². The molecule has 0 spiro atoms. The van der Waals surface area contributed by atoms with Crippen LogP contribution in [0.5, 0.6) is 6.01 Å². The Labute approximate surface area is 114 Å². The largest absolute Gasteiger partial charge is 0.463 e. The minimum Gasteiger partial charge on any atom is -0.463 e. The molecule has 0 aliphatic heterocycles. The van der Waals surface area contributed by atoms with Crippen molar-refractivity contribution in [3.8, 4) is 6.01 Å². The van der Waals surface area contributed by atoms with Crippen LogP contribution in [-0.2, 0) is 6.54 Å². The van der Waals surface area contributed by atoms with E-state index in [4.69, 9.17) is 14.9 Å². The van der Waals surface area contributed by atoms with Gasteiger partial charge in [0.05, 0.1) is 6.61 Å². The van der Waals surface area contributed by atoms with Gasteiger partial charge in [0.25, 0.3) is 6.01 Å². The van der Waals surface area contributed by atoms with Crippen molar-refractivity contribution in [2.24, 2.45) is 0 Å². The van der Waals surface area contributed by atoms with Gasteiger partial charge in [-0.15, -0.1) is 0 Å². The van der Waals surface area contributed by atoms with Gasteiger partial charge in [-0.05, 0) is 19.4 Å². The van der Waals surface area contributed by atoms with E-state index in [1.165, 1.54) is 0 Å². The van der Waals surface area contributed by atoms with Crippen LogP contribution in [0.2, 0.25) is 0 Å². The van der Waals surface area contributed by atoms with E-state index in [2.05, 4.69) is 16.8 Å². The van der Waals surface area contributed by atoms with Gasteiger partial charge in [-0.25, -0.2) is 4.98 Å². The van der Waals surface area contributed by atoms with Crippen molar-refractivity contribution in [2.45, 2.75) is 26.3 Å². The smallest absolute Gasteiger partial charge is 0.296 e. The number of nitrogens with zero attached hydrogens (tertiary/aromatic N) is 3. The number of aromatic nitrogens is 2. The van der Waals surface area contributed by atoms with E-state index in [0.29, 0.717) is 32.1 Å². The summed E-state index contributed by atoms with van der Waals surface area (Å²) < 4.78 is 7.54. The second-order valence-electron chi connectivity index (χ2n) is 4.39. The van der Waals surface area contributed by atoms with Crippen LogP contribution in [0.25, 0.3) is 0 Å². The van der Waals surface area contributed by atoms with Gasteiger partial charge in [-0.3, -0.25) is 4.90 Å². The third-order valence-corrected chi connectivity index (χ3v) is 2.83. The van der Waals surface area contributed by atoms with Crippen molar-refractivity contribution in [1.29, 1.82) is 0 Å². The Kier molecular flexibility index (Phi) is 8.20. The number of ether oxygens (including phenoxy) is 1. The zero-order chi connectivity index (χ0) is 13.9. The van der Waals surface area contributed by atoms with Crippen LogP contribution < -0.4 is 4.74 Å². The van der Waals surface area contributed by atoms with Crippen LogP contribution in [0.3, 0.4) is 0 Å². The highest BCUT2D eigenvalue weighted by Gasteiger charge is 2.06. The SMILES string of the molecule is CCCN(CCO)CCOc1nccn1CCCO. The Bertz CT molecular complexity index is 325. The van der Waals surface area contributed by atoms with E-state index >= 15 is 0 Å². The molecule has 0 aromatic carbocycles. The molecule has 1 aromatic heterocycles. The molecule has 110 valence electrons. The molecule has 0 saturated carbocycles. The quantitative estimate of drug-likeness (QED) is 0.607. The molecule has 1 aromatic rings. The Hall–Kier alpha value is -1.11. The van der Waals surface area contributed by atoms with Crippen molar-refractivity contribution in [2.75, 3.05) is 39.5 Å². The first-order chi connectivity index (χ1) is 9.31. The van der Waals surface area contributed by atoms with E-state index in [1.54, 1.807) is 6.20 Å². The third kappa shape index (κ3) is 6.04. The van der Waals surface area contributed by atoms with Gasteiger partial charge in [0.1, 0.15) is 6.61 Å². The van der Waals surface area contributed by atoms with Gasteiger partial charge < -0.3 is 19.5 Å². The fraction of sp³-hybridized carbons (Fsp3) is 0.769. The van der Waals surface area contributed by atoms with Crippen molar-refractivity contribution >= 4 is 0 Å². The summed E-state index contributed by atoms with van der Waals surface area (Å²) in [6.45, 7) is 6.13. The number of aliphatic hydroxyl groups is 2. The summed E-state index contributed by atoms with van der Waals surface area (Å²) in [6, 6.07) is 0.592. The predicted octanol–water partition coefficient (Wildman–Crippen LogP) is 0.349. The topological polar surface area (TPSA) is 70.8 Å². The van der Waals surface area contributed by atoms with Crippen LogP contribution in [0.1, 0.15) is 19.8 Å². The Morgan fingerprint density at radius 1 is 1.26 bits per heavy atom.